The molecule has 0 N–H and O–H groups in total. The Bertz CT molecular complexity index is 1200. The Labute approximate surface area is 194 Å². The molecule has 7 heteroatoms. The molecule has 0 unspecified atom stereocenters. The Hall–Kier alpha value is -2.96. The van der Waals surface area contributed by atoms with Crippen molar-refractivity contribution in [3.05, 3.63) is 53.7 Å². The van der Waals surface area contributed by atoms with Crippen molar-refractivity contribution < 1.29 is 9.32 Å². The predicted octanol–water partition coefficient (Wildman–Crippen LogP) is 4.76. The summed E-state index contributed by atoms with van der Waals surface area (Å²) in [5, 5.41) is 8.95. The largest absolute Gasteiger partial charge is 0.338 e. The smallest absolute Gasteiger partial charge is 0.253 e. The van der Waals surface area contributed by atoms with E-state index in [1.807, 2.05) is 49.9 Å². The van der Waals surface area contributed by atoms with Gasteiger partial charge >= 0.3 is 0 Å². The van der Waals surface area contributed by atoms with Gasteiger partial charge < -0.3 is 9.42 Å². The van der Waals surface area contributed by atoms with E-state index in [0.29, 0.717) is 28.7 Å². The predicted molar refractivity (Wildman–Crippen MR) is 124 cm³/mol. The quantitative estimate of drug-likeness (QED) is 0.579. The molecule has 1 amide bonds. The molecule has 0 atom stereocenters. The van der Waals surface area contributed by atoms with E-state index in [1.165, 1.54) is 18.5 Å². The van der Waals surface area contributed by atoms with Gasteiger partial charge in [-0.2, -0.15) is 10.1 Å². The van der Waals surface area contributed by atoms with E-state index in [0.717, 1.165) is 31.5 Å². The van der Waals surface area contributed by atoms with Crippen molar-refractivity contribution in [2.45, 2.75) is 70.3 Å². The van der Waals surface area contributed by atoms with E-state index in [2.05, 4.69) is 34.0 Å². The first-order valence-corrected chi connectivity index (χ1v) is 11.9. The normalized spacial score (nSPS) is 21.0. The molecule has 3 fully saturated rings. The molecule has 3 aliphatic rings. The van der Waals surface area contributed by atoms with Crippen molar-refractivity contribution in [2.75, 3.05) is 13.1 Å². The van der Waals surface area contributed by atoms with Crippen LogP contribution in [-0.4, -0.2) is 43.8 Å². The van der Waals surface area contributed by atoms with E-state index in [-0.39, 0.29) is 16.7 Å². The number of hydrogen-bond donors (Lipinski definition) is 0. The van der Waals surface area contributed by atoms with Gasteiger partial charge in [0.2, 0.25) is 11.7 Å². The molecule has 0 bridgehead atoms. The molecular formula is C26H31N5O2. The lowest BCUT2D eigenvalue weighted by atomic mass is 9.60. The Morgan fingerprint density at radius 3 is 2.39 bits per heavy atom. The number of nitrogens with zero attached hydrogens (tertiary/aromatic N) is 5. The molecule has 2 saturated carbocycles. The summed E-state index contributed by atoms with van der Waals surface area (Å²) in [7, 11) is 0. The van der Waals surface area contributed by atoms with E-state index in [1.54, 1.807) is 0 Å². The molecule has 3 aromatic rings. The Morgan fingerprint density at radius 1 is 1.09 bits per heavy atom. The first-order valence-electron chi connectivity index (χ1n) is 11.9. The molecule has 172 valence electrons. The third kappa shape index (κ3) is 3.49. The fraction of sp³-hybridized carbons (Fsp3) is 0.538. The minimum atomic E-state index is -0.190. The Kier molecular flexibility index (Phi) is 4.24. The van der Waals surface area contributed by atoms with Crippen LogP contribution in [0.5, 0.6) is 0 Å². The highest BCUT2D eigenvalue weighted by atomic mass is 16.5. The molecule has 3 heterocycles. The number of aromatic nitrogens is 4. The van der Waals surface area contributed by atoms with Gasteiger partial charge in [-0.05, 0) is 43.9 Å². The summed E-state index contributed by atoms with van der Waals surface area (Å²) in [6.07, 6.45) is 6.88. The average Bonchev–Trinajstić information content (AvgIpc) is 3.13. The van der Waals surface area contributed by atoms with Crippen molar-refractivity contribution in [1.29, 1.82) is 0 Å². The number of benzene rings is 1. The van der Waals surface area contributed by atoms with Gasteiger partial charge in [-0.15, -0.1) is 0 Å². The van der Waals surface area contributed by atoms with Gasteiger partial charge in [0.05, 0.1) is 11.7 Å². The summed E-state index contributed by atoms with van der Waals surface area (Å²) >= 11 is 0. The molecule has 7 nitrogen and oxygen atoms in total. The summed E-state index contributed by atoms with van der Waals surface area (Å²) in [6.45, 7) is 10.1. The second kappa shape index (κ2) is 6.78. The Morgan fingerprint density at radius 2 is 1.79 bits per heavy atom. The standard InChI is InChI=1S/C26H31N5O2/c1-24(2,3)23-27-21(29-33-23)17-5-7-18(8-6-17)22(32)30-15-26(16-30)13-19(14-26)31-12-9-20(28-31)25(4)10-11-25/h5-9,12,19H,10-11,13-16H2,1-4H3. The van der Waals surface area contributed by atoms with Crippen molar-refractivity contribution in [2.24, 2.45) is 5.41 Å². The number of likely N-dealkylation sites (tertiary alicyclic amines) is 1. The van der Waals surface area contributed by atoms with Gasteiger partial charge in [0.15, 0.2) is 0 Å². The topological polar surface area (TPSA) is 77.1 Å². The SMILES string of the molecule is CC(C)(C)c1nc(-c2ccc(C(=O)N3CC4(CC(n5ccc(C6(C)CC6)n5)C4)C3)cc2)no1. The molecule has 6 rings (SSSR count). The van der Waals surface area contributed by atoms with Crippen LogP contribution in [0, 0.1) is 5.41 Å². The lowest BCUT2D eigenvalue weighted by Crippen LogP contribution is -2.63. The van der Waals surface area contributed by atoms with Gasteiger partial charge in [-0.3, -0.25) is 9.48 Å². The van der Waals surface area contributed by atoms with Crippen molar-refractivity contribution in [1.82, 2.24) is 24.8 Å². The lowest BCUT2D eigenvalue weighted by Gasteiger charge is -2.58. The van der Waals surface area contributed by atoms with Crippen LogP contribution in [0.4, 0.5) is 0 Å². The number of carbonyl (C=O) groups is 1. The van der Waals surface area contributed by atoms with Crippen molar-refractivity contribution in [3.8, 4) is 11.4 Å². The highest BCUT2D eigenvalue weighted by Crippen LogP contribution is 2.54. The van der Waals surface area contributed by atoms with E-state index < -0.39 is 0 Å². The number of rotatable bonds is 4. The highest BCUT2D eigenvalue weighted by molar-refractivity contribution is 5.95. The molecule has 1 saturated heterocycles. The second-order valence-corrected chi connectivity index (χ2v) is 11.7. The molecule has 1 aromatic carbocycles. The fourth-order valence-corrected chi connectivity index (χ4v) is 5.19. The average molecular weight is 446 g/mol. The summed E-state index contributed by atoms with van der Waals surface area (Å²) in [5.41, 5.74) is 3.21. The molecule has 2 aromatic heterocycles. The van der Waals surface area contributed by atoms with E-state index in [4.69, 9.17) is 9.62 Å². The van der Waals surface area contributed by atoms with Crippen LogP contribution in [-0.2, 0) is 10.8 Å². The number of carbonyl (C=O) groups excluding carboxylic acids is 1. The molecule has 33 heavy (non-hydrogen) atoms. The number of amides is 1. The molecule has 1 spiro atoms. The maximum absolute atomic E-state index is 13.0. The van der Waals surface area contributed by atoms with Crippen LogP contribution in [0.2, 0.25) is 0 Å². The maximum atomic E-state index is 13.0. The van der Waals surface area contributed by atoms with Crippen molar-refractivity contribution in [3.63, 3.8) is 0 Å². The first-order chi connectivity index (χ1) is 15.6. The first kappa shape index (κ1) is 20.6. The van der Waals surface area contributed by atoms with E-state index >= 15 is 0 Å². The minimum Gasteiger partial charge on any atom is -0.338 e. The van der Waals surface area contributed by atoms with E-state index in [9.17, 15) is 4.79 Å². The van der Waals surface area contributed by atoms with Crippen LogP contribution >= 0.6 is 0 Å². The molecule has 0 radical (unpaired) electrons. The van der Waals surface area contributed by atoms with Gasteiger partial charge in [0.25, 0.3) is 5.91 Å². The third-order valence-corrected chi connectivity index (χ3v) is 7.74. The van der Waals surface area contributed by atoms with Crippen LogP contribution in [0.1, 0.15) is 81.4 Å². The Balaban J connectivity index is 1.05. The van der Waals surface area contributed by atoms with Gasteiger partial charge in [0, 0.05) is 46.7 Å². The monoisotopic (exact) mass is 445 g/mol. The van der Waals surface area contributed by atoms with Gasteiger partial charge in [0.1, 0.15) is 0 Å². The summed E-state index contributed by atoms with van der Waals surface area (Å²) < 4.78 is 7.55. The lowest BCUT2D eigenvalue weighted by molar-refractivity contribution is -0.0739. The van der Waals surface area contributed by atoms with Gasteiger partial charge in [-0.25, -0.2) is 0 Å². The number of hydrogen-bond acceptors (Lipinski definition) is 5. The summed E-state index contributed by atoms with van der Waals surface area (Å²) in [5.74, 6) is 1.26. The van der Waals surface area contributed by atoms with Crippen LogP contribution in [0.15, 0.2) is 41.1 Å². The van der Waals surface area contributed by atoms with Gasteiger partial charge in [-0.1, -0.05) is 45.0 Å². The fourth-order valence-electron chi connectivity index (χ4n) is 5.19. The summed E-state index contributed by atoms with van der Waals surface area (Å²) in [4.78, 5) is 19.4. The highest BCUT2D eigenvalue weighted by Gasteiger charge is 2.54. The van der Waals surface area contributed by atoms with Crippen LogP contribution in [0.3, 0.4) is 0 Å². The van der Waals surface area contributed by atoms with Crippen LogP contribution in [0.25, 0.3) is 11.4 Å². The zero-order valence-electron chi connectivity index (χ0n) is 19.8. The molecule has 1 aliphatic heterocycles. The molecular weight excluding hydrogens is 414 g/mol. The summed E-state index contributed by atoms with van der Waals surface area (Å²) in [6, 6.07) is 10.2. The third-order valence-electron chi connectivity index (χ3n) is 7.74. The zero-order valence-corrected chi connectivity index (χ0v) is 19.8. The van der Waals surface area contributed by atoms with Crippen LogP contribution < -0.4 is 0 Å². The maximum Gasteiger partial charge on any atom is 0.253 e. The second-order valence-electron chi connectivity index (χ2n) is 11.7. The molecule has 2 aliphatic carbocycles. The van der Waals surface area contributed by atoms with Crippen molar-refractivity contribution >= 4 is 5.91 Å². The minimum absolute atomic E-state index is 0.0992. The zero-order chi connectivity index (χ0) is 23.0.